The lowest BCUT2D eigenvalue weighted by molar-refractivity contribution is 0.242. The van der Waals surface area contributed by atoms with E-state index in [4.69, 9.17) is 4.74 Å². The van der Waals surface area contributed by atoms with Gasteiger partial charge in [-0.15, -0.1) is 0 Å². The molecule has 0 radical (unpaired) electrons. The highest BCUT2D eigenvalue weighted by Gasteiger charge is 2.01. The minimum absolute atomic E-state index is 0.174. The van der Waals surface area contributed by atoms with Gasteiger partial charge >= 0.3 is 0 Å². The number of ether oxygens (including phenoxy) is 1. The predicted octanol–water partition coefficient (Wildman–Crippen LogP) is 3.52. The molecule has 2 aromatic rings. The summed E-state index contributed by atoms with van der Waals surface area (Å²) in [5.41, 5.74) is 2.24. The number of nitrogens with one attached hydrogen (secondary N) is 2. The Balaban J connectivity index is 1.75. The van der Waals surface area contributed by atoms with Crippen molar-refractivity contribution in [1.29, 1.82) is 0 Å². The first-order valence-corrected chi connectivity index (χ1v) is 8.51. The van der Waals surface area contributed by atoms with Gasteiger partial charge < -0.3 is 15.4 Å². The molecule has 0 saturated carbocycles. The van der Waals surface area contributed by atoms with E-state index in [1.54, 1.807) is 19.2 Å². The van der Waals surface area contributed by atoms with Crippen LogP contribution in [0.5, 0.6) is 5.75 Å². The van der Waals surface area contributed by atoms with Crippen LogP contribution in [0.3, 0.4) is 0 Å². The highest BCUT2D eigenvalue weighted by atomic mass is 19.1. The molecule has 0 saturated heterocycles. The Morgan fingerprint density at radius 1 is 1.00 bits per heavy atom. The summed E-state index contributed by atoms with van der Waals surface area (Å²) in [6.45, 7) is 5.43. The first-order valence-electron chi connectivity index (χ1n) is 8.51. The van der Waals surface area contributed by atoms with Crippen molar-refractivity contribution in [3.63, 3.8) is 0 Å². The van der Waals surface area contributed by atoms with Gasteiger partial charge in [-0.3, -0.25) is 4.99 Å². The van der Waals surface area contributed by atoms with E-state index in [-0.39, 0.29) is 11.9 Å². The lowest BCUT2D eigenvalue weighted by atomic mass is 10.1. The molecule has 2 rings (SSSR count). The fraction of sp³-hybridized carbons (Fsp3) is 0.350. The van der Waals surface area contributed by atoms with Crippen molar-refractivity contribution in [3.8, 4) is 5.75 Å². The van der Waals surface area contributed by atoms with E-state index in [9.17, 15) is 4.39 Å². The Bertz CT molecular complexity index is 666. The maximum absolute atomic E-state index is 12.9. The van der Waals surface area contributed by atoms with Crippen LogP contribution in [0.4, 0.5) is 4.39 Å². The lowest BCUT2D eigenvalue weighted by Gasteiger charge is -2.13. The summed E-state index contributed by atoms with van der Waals surface area (Å²) in [4.78, 5) is 4.22. The molecule has 0 aliphatic rings. The van der Waals surface area contributed by atoms with E-state index in [0.29, 0.717) is 6.54 Å². The minimum Gasteiger partial charge on any atom is -0.491 e. The van der Waals surface area contributed by atoms with Gasteiger partial charge in [-0.1, -0.05) is 24.3 Å². The highest BCUT2D eigenvalue weighted by Crippen LogP contribution is 2.13. The molecule has 0 heterocycles. The molecule has 0 amide bonds. The monoisotopic (exact) mass is 343 g/mol. The van der Waals surface area contributed by atoms with E-state index in [1.807, 2.05) is 38.1 Å². The first-order chi connectivity index (χ1) is 12.1. The van der Waals surface area contributed by atoms with Crippen LogP contribution in [-0.4, -0.2) is 25.7 Å². The first kappa shape index (κ1) is 18.8. The Labute approximate surface area is 149 Å². The zero-order chi connectivity index (χ0) is 18.1. The summed E-state index contributed by atoms with van der Waals surface area (Å²) in [6, 6.07) is 14.6. The molecule has 0 bridgehead atoms. The zero-order valence-electron chi connectivity index (χ0n) is 15.1. The predicted molar refractivity (Wildman–Crippen MR) is 101 cm³/mol. The molecule has 0 aliphatic carbocycles. The number of guanidine groups is 1. The molecule has 0 spiro atoms. The van der Waals surface area contributed by atoms with E-state index >= 15 is 0 Å². The SMILES string of the molecule is CN=C(NCCc1ccc(F)cc1)NCc1ccc(OC(C)C)cc1. The molecule has 0 atom stereocenters. The van der Waals surface area contributed by atoms with Crippen LogP contribution in [0.15, 0.2) is 53.5 Å². The maximum atomic E-state index is 12.9. The molecule has 0 fully saturated rings. The molecule has 2 N–H and O–H groups in total. The summed E-state index contributed by atoms with van der Waals surface area (Å²) in [6.07, 6.45) is 0.982. The van der Waals surface area contributed by atoms with E-state index in [1.165, 1.54) is 12.1 Å². The average molecular weight is 343 g/mol. The second-order valence-corrected chi connectivity index (χ2v) is 6.04. The standard InChI is InChI=1S/C20H26FN3O/c1-15(2)25-19-10-6-17(7-11-19)14-24-20(22-3)23-13-12-16-4-8-18(21)9-5-16/h4-11,15H,12-14H2,1-3H3,(H2,22,23,24). The normalized spacial score (nSPS) is 11.5. The number of hydrogen-bond acceptors (Lipinski definition) is 2. The van der Waals surface area contributed by atoms with Crippen molar-refractivity contribution in [2.45, 2.75) is 32.9 Å². The topological polar surface area (TPSA) is 45.7 Å². The van der Waals surface area contributed by atoms with Gasteiger partial charge in [-0.25, -0.2) is 4.39 Å². The fourth-order valence-corrected chi connectivity index (χ4v) is 2.34. The van der Waals surface area contributed by atoms with Crippen molar-refractivity contribution >= 4 is 5.96 Å². The van der Waals surface area contributed by atoms with Crippen LogP contribution < -0.4 is 15.4 Å². The van der Waals surface area contributed by atoms with Crippen LogP contribution in [0.1, 0.15) is 25.0 Å². The van der Waals surface area contributed by atoms with Gasteiger partial charge in [0.25, 0.3) is 0 Å². The molecule has 2 aromatic carbocycles. The summed E-state index contributed by atoms with van der Waals surface area (Å²) in [5, 5.41) is 6.54. The summed E-state index contributed by atoms with van der Waals surface area (Å²) in [5.74, 6) is 1.41. The van der Waals surface area contributed by atoms with Crippen molar-refractivity contribution in [2.24, 2.45) is 4.99 Å². The Hall–Kier alpha value is -2.56. The van der Waals surface area contributed by atoms with Gasteiger partial charge in [0.05, 0.1) is 6.10 Å². The van der Waals surface area contributed by atoms with E-state index < -0.39 is 0 Å². The Morgan fingerprint density at radius 2 is 1.64 bits per heavy atom. The maximum Gasteiger partial charge on any atom is 0.191 e. The molecular formula is C20H26FN3O. The number of hydrogen-bond donors (Lipinski definition) is 2. The molecular weight excluding hydrogens is 317 g/mol. The van der Waals surface area contributed by atoms with Crippen molar-refractivity contribution < 1.29 is 9.13 Å². The lowest BCUT2D eigenvalue weighted by Crippen LogP contribution is -2.37. The number of benzene rings is 2. The largest absolute Gasteiger partial charge is 0.491 e. The smallest absolute Gasteiger partial charge is 0.191 e. The van der Waals surface area contributed by atoms with Gasteiger partial charge in [-0.2, -0.15) is 0 Å². The van der Waals surface area contributed by atoms with Crippen molar-refractivity contribution in [3.05, 3.63) is 65.5 Å². The third kappa shape index (κ3) is 6.83. The van der Waals surface area contributed by atoms with Gasteiger partial charge in [-0.05, 0) is 55.7 Å². The second-order valence-electron chi connectivity index (χ2n) is 6.04. The summed E-state index contributed by atoms with van der Waals surface area (Å²) < 4.78 is 18.5. The minimum atomic E-state index is -0.209. The number of halogens is 1. The molecule has 0 aliphatic heterocycles. The van der Waals surface area contributed by atoms with Crippen molar-refractivity contribution in [2.75, 3.05) is 13.6 Å². The Kier molecular flexibility index (Phi) is 7.26. The summed E-state index contributed by atoms with van der Waals surface area (Å²) in [7, 11) is 1.74. The van der Waals surface area contributed by atoms with Crippen LogP contribution in [0, 0.1) is 5.82 Å². The van der Waals surface area contributed by atoms with Crippen molar-refractivity contribution in [1.82, 2.24) is 10.6 Å². The number of nitrogens with zero attached hydrogens (tertiary/aromatic N) is 1. The second kappa shape index (κ2) is 9.67. The highest BCUT2D eigenvalue weighted by molar-refractivity contribution is 5.79. The van der Waals surface area contributed by atoms with Gasteiger partial charge in [0.2, 0.25) is 0 Å². The molecule has 0 unspecified atom stereocenters. The fourth-order valence-electron chi connectivity index (χ4n) is 2.34. The van der Waals surface area contributed by atoms with Gasteiger partial charge in [0.1, 0.15) is 11.6 Å². The molecule has 0 aromatic heterocycles. The number of aliphatic imine (C=N–C) groups is 1. The third-order valence-corrected chi connectivity index (χ3v) is 3.60. The summed E-state index contributed by atoms with van der Waals surface area (Å²) >= 11 is 0. The van der Waals surface area contributed by atoms with Crippen LogP contribution in [-0.2, 0) is 13.0 Å². The quantitative estimate of drug-likeness (QED) is 0.597. The average Bonchev–Trinajstić information content (AvgIpc) is 2.60. The molecule has 134 valence electrons. The molecule has 4 nitrogen and oxygen atoms in total. The molecule has 25 heavy (non-hydrogen) atoms. The third-order valence-electron chi connectivity index (χ3n) is 3.60. The number of rotatable bonds is 7. The Morgan fingerprint density at radius 3 is 2.24 bits per heavy atom. The van der Waals surface area contributed by atoms with Gasteiger partial charge in [0.15, 0.2) is 5.96 Å². The van der Waals surface area contributed by atoms with Gasteiger partial charge in [0, 0.05) is 20.1 Å². The van der Waals surface area contributed by atoms with Crippen LogP contribution >= 0.6 is 0 Å². The van der Waals surface area contributed by atoms with E-state index in [0.717, 1.165) is 35.8 Å². The van der Waals surface area contributed by atoms with Crippen LogP contribution in [0.25, 0.3) is 0 Å². The van der Waals surface area contributed by atoms with E-state index in [2.05, 4.69) is 15.6 Å². The zero-order valence-corrected chi connectivity index (χ0v) is 15.1. The molecule has 5 heteroatoms. The van der Waals surface area contributed by atoms with Crippen LogP contribution in [0.2, 0.25) is 0 Å².